The second kappa shape index (κ2) is 5.71. The Kier molecular flexibility index (Phi) is 4.26. The summed E-state index contributed by atoms with van der Waals surface area (Å²) < 4.78 is 6.53. The molecule has 92 valence electrons. The molecule has 0 saturated carbocycles. The van der Waals surface area contributed by atoms with Crippen LogP contribution < -0.4 is 5.32 Å². The van der Waals surface area contributed by atoms with Gasteiger partial charge in [0.2, 0.25) is 0 Å². The first-order valence-corrected chi connectivity index (χ1v) is 6.92. The standard InChI is InChI=1S/C13H16ClNOS/c1-3-15-11(12-6-4-9(2)16-12)8-10-5-7-13(14)17-10/h4-7,11,15H,3,8H2,1-2H3. The van der Waals surface area contributed by atoms with Crippen LogP contribution in [0.15, 0.2) is 28.7 Å². The molecule has 2 nitrogen and oxygen atoms in total. The zero-order chi connectivity index (χ0) is 12.3. The fraction of sp³-hybridized carbons (Fsp3) is 0.385. The zero-order valence-corrected chi connectivity index (χ0v) is 11.6. The van der Waals surface area contributed by atoms with E-state index in [0.29, 0.717) is 0 Å². The van der Waals surface area contributed by atoms with Crippen LogP contribution in [0.1, 0.15) is 29.4 Å². The van der Waals surface area contributed by atoms with Gasteiger partial charge in [-0.25, -0.2) is 0 Å². The maximum Gasteiger partial charge on any atom is 0.121 e. The average molecular weight is 270 g/mol. The van der Waals surface area contributed by atoms with Crippen LogP contribution in [-0.2, 0) is 6.42 Å². The number of hydrogen-bond acceptors (Lipinski definition) is 3. The first kappa shape index (κ1) is 12.7. The SMILES string of the molecule is CCNC(Cc1ccc(Cl)s1)c1ccc(C)o1. The number of thiophene rings is 1. The van der Waals surface area contributed by atoms with Gasteiger partial charge in [0.15, 0.2) is 0 Å². The van der Waals surface area contributed by atoms with Gasteiger partial charge in [0.25, 0.3) is 0 Å². The minimum atomic E-state index is 0.225. The molecule has 0 aliphatic heterocycles. The highest BCUT2D eigenvalue weighted by Gasteiger charge is 2.15. The molecule has 0 radical (unpaired) electrons. The van der Waals surface area contributed by atoms with E-state index in [4.69, 9.17) is 16.0 Å². The third kappa shape index (κ3) is 3.35. The van der Waals surface area contributed by atoms with Crippen LogP contribution >= 0.6 is 22.9 Å². The summed E-state index contributed by atoms with van der Waals surface area (Å²) in [5, 5.41) is 3.44. The van der Waals surface area contributed by atoms with Gasteiger partial charge in [0, 0.05) is 11.3 Å². The molecule has 1 N–H and O–H groups in total. The second-order valence-electron chi connectivity index (χ2n) is 3.97. The van der Waals surface area contributed by atoms with Gasteiger partial charge in [-0.1, -0.05) is 18.5 Å². The lowest BCUT2D eigenvalue weighted by Crippen LogP contribution is -2.22. The van der Waals surface area contributed by atoms with E-state index in [9.17, 15) is 0 Å². The molecule has 2 rings (SSSR count). The van der Waals surface area contributed by atoms with Gasteiger partial charge in [-0.15, -0.1) is 11.3 Å². The molecule has 1 unspecified atom stereocenters. The van der Waals surface area contributed by atoms with E-state index in [0.717, 1.165) is 28.8 Å². The summed E-state index contributed by atoms with van der Waals surface area (Å²) in [5.74, 6) is 1.95. The maximum atomic E-state index is 5.95. The molecule has 0 aromatic carbocycles. The van der Waals surface area contributed by atoms with Crippen molar-refractivity contribution in [3.05, 3.63) is 45.0 Å². The Balaban J connectivity index is 2.12. The summed E-state index contributed by atoms with van der Waals surface area (Å²) in [7, 11) is 0. The van der Waals surface area contributed by atoms with E-state index in [-0.39, 0.29) is 6.04 Å². The molecule has 0 fully saturated rings. The molecule has 0 bridgehead atoms. The van der Waals surface area contributed by atoms with Crippen molar-refractivity contribution in [3.8, 4) is 0 Å². The number of furan rings is 1. The number of halogens is 1. The monoisotopic (exact) mass is 269 g/mol. The zero-order valence-electron chi connectivity index (χ0n) is 10.00. The summed E-state index contributed by atoms with van der Waals surface area (Å²) in [6, 6.07) is 8.28. The van der Waals surface area contributed by atoms with Crippen LogP contribution in [0.5, 0.6) is 0 Å². The fourth-order valence-corrected chi connectivity index (χ4v) is 2.96. The fourth-order valence-electron chi connectivity index (χ4n) is 1.82. The average Bonchev–Trinajstić information content (AvgIpc) is 2.87. The first-order chi connectivity index (χ1) is 8.19. The molecule has 0 saturated heterocycles. The third-order valence-electron chi connectivity index (χ3n) is 2.59. The van der Waals surface area contributed by atoms with Gasteiger partial charge < -0.3 is 9.73 Å². The summed E-state index contributed by atoms with van der Waals surface area (Å²) >= 11 is 7.57. The topological polar surface area (TPSA) is 25.2 Å². The molecule has 2 aromatic heterocycles. The Labute approximate surface area is 111 Å². The van der Waals surface area contributed by atoms with E-state index >= 15 is 0 Å². The highest BCUT2D eigenvalue weighted by atomic mass is 35.5. The second-order valence-corrected chi connectivity index (χ2v) is 5.77. The molecular formula is C13H16ClNOS. The van der Waals surface area contributed by atoms with Gasteiger partial charge in [0.05, 0.1) is 10.4 Å². The Hall–Kier alpha value is -0.770. The molecule has 0 aliphatic rings. The molecule has 4 heteroatoms. The van der Waals surface area contributed by atoms with Crippen molar-refractivity contribution in [1.82, 2.24) is 5.32 Å². The highest BCUT2D eigenvalue weighted by molar-refractivity contribution is 7.16. The lowest BCUT2D eigenvalue weighted by molar-refractivity contribution is 0.404. The molecular weight excluding hydrogens is 254 g/mol. The summed E-state index contributed by atoms with van der Waals surface area (Å²) in [6.45, 7) is 4.99. The van der Waals surface area contributed by atoms with Crippen LogP contribution in [0.3, 0.4) is 0 Å². The van der Waals surface area contributed by atoms with Crippen molar-refractivity contribution < 1.29 is 4.42 Å². The summed E-state index contributed by atoms with van der Waals surface area (Å²) in [6.07, 6.45) is 0.915. The molecule has 17 heavy (non-hydrogen) atoms. The molecule has 1 atom stereocenters. The van der Waals surface area contributed by atoms with Gasteiger partial charge in [-0.05, 0) is 37.7 Å². The molecule has 2 aromatic rings. The van der Waals surface area contributed by atoms with Crippen molar-refractivity contribution in [3.63, 3.8) is 0 Å². The number of aryl methyl sites for hydroxylation is 1. The molecule has 0 spiro atoms. The van der Waals surface area contributed by atoms with E-state index < -0.39 is 0 Å². The Morgan fingerprint density at radius 3 is 2.71 bits per heavy atom. The lowest BCUT2D eigenvalue weighted by atomic mass is 10.1. The molecule has 0 amide bonds. The Morgan fingerprint density at radius 2 is 2.18 bits per heavy atom. The van der Waals surface area contributed by atoms with Crippen molar-refractivity contribution >= 4 is 22.9 Å². The maximum absolute atomic E-state index is 5.95. The predicted molar refractivity (Wildman–Crippen MR) is 72.9 cm³/mol. The first-order valence-electron chi connectivity index (χ1n) is 5.73. The van der Waals surface area contributed by atoms with Gasteiger partial charge >= 0.3 is 0 Å². The van der Waals surface area contributed by atoms with E-state index in [1.165, 1.54) is 4.88 Å². The quantitative estimate of drug-likeness (QED) is 0.880. The third-order valence-corrected chi connectivity index (χ3v) is 3.84. The van der Waals surface area contributed by atoms with Crippen molar-refractivity contribution in [2.24, 2.45) is 0 Å². The van der Waals surface area contributed by atoms with Crippen LogP contribution in [0.4, 0.5) is 0 Å². The minimum absolute atomic E-state index is 0.225. The number of nitrogens with one attached hydrogen (secondary N) is 1. The summed E-state index contributed by atoms with van der Waals surface area (Å²) in [5.41, 5.74) is 0. The Bertz CT molecular complexity index is 477. The minimum Gasteiger partial charge on any atom is -0.465 e. The van der Waals surface area contributed by atoms with Gasteiger partial charge in [-0.3, -0.25) is 0 Å². The van der Waals surface area contributed by atoms with E-state index in [2.05, 4.69) is 18.3 Å². The number of likely N-dealkylation sites (N-methyl/N-ethyl adjacent to an activating group) is 1. The predicted octanol–water partition coefficient (Wildman–Crippen LogP) is 4.20. The van der Waals surface area contributed by atoms with Crippen LogP contribution in [0.2, 0.25) is 4.34 Å². The lowest BCUT2D eigenvalue weighted by Gasteiger charge is -2.14. The smallest absolute Gasteiger partial charge is 0.121 e. The van der Waals surface area contributed by atoms with E-state index in [1.54, 1.807) is 11.3 Å². The van der Waals surface area contributed by atoms with E-state index in [1.807, 2.05) is 25.1 Å². The number of rotatable bonds is 5. The van der Waals surface area contributed by atoms with Crippen LogP contribution in [0.25, 0.3) is 0 Å². The van der Waals surface area contributed by atoms with Crippen molar-refractivity contribution in [1.29, 1.82) is 0 Å². The van der Waals surface area contributed by atoms with Crippen molar-refractivity contribution in [2.45, 2.75) is 26.3 Å². The Morgan fingerprint density at radius 1 is 1.35 bits per heavy atom. The highest BCUT2D eigenvalue weighted by Crippen LogP contribution is 2.27. The van der Waals surface area contributed by atoms with Crippen molar-refractivity contribution in [2.75, 3.05) is 6.54 Å². The molecule has 2 heterocycles. The van der Waals surface area contributed by atoms with Gasteiger partial charge in [-0.2, -0.15) is 0 Å². The van der Waals surface area contributed by atoms with Crippen LogP contribution in [0, 0.1) is 6.92 Å². The number of hydrogen-bond donors (Lipinski definition) is 1. The molecule has 0 aliphatic carbocycles. The normalized spacial score (nSPS) is 12.9. The van der Waals surface area contributed by atoms with Gasteiger partial charge in [0.1, 0.15) is 11.5 Å². The largest absolute Gasteiger partial charge is 0.465 e. The summed E-state index contributed by atoms with van der Waals surface area (Å²) in [4.78, 5) is 1.27. The van der Waals surface area contributed by atoms with Crippen LogP contribution in [-0.4, -0.2) is 6.54 Å².